The van der Waals surface area contributed by atoms with Gasteiger partial charge in [0.15, 0.2) is 22.2 Å². The third-order valence-corrected chi connectivity index (χ3v) is 4.99. The topological polar surface area (TPSA) is 79.5 Å². The molecule has 134 valence electrons. The van der Waals surface area contributed by atoms with Crippen molar-refractivity contribution in [2.24, 2.45) is 5.10 Å². The molecule has 3 aromatic rings. The number of hydrogen-bond acceptors (Lipinski definition) is 7. The molecule has 0 saturated heterocycles. The minimum atomic E-state index is 0.233. The molecule has 27 heavy (non-hydrogen) atoms. The summed E-state index contributed by atoms with van der Waals surface area (Å²) in [7, 11) is 0. The van der Waals surface area contributed by atoms with E-state index in [9.17, 15) is 5.26 Å². The molecule has 6 nitrogen and oxygen atoms in total. The first-order chi connectivity index (χ1) is 13.3. The summed E-state index contributed by atoms with van der Waals surface area (Å²) in [6, 6.07) is 15.7. The van der Waals surface area contributed by atoms with E-state index in [1.54, 1.807) is 0 Å². The first-order valence-electron chi connectivity index (χ1n) is 8.45. The summed E-state index contributed by atoms with van der Waals surface area (Å²) in [4.78, 5) is 4.55. The van der Waals surface area contributed by atoms with Crippen molar-refractivity contribution < 1.29 is 9.47 Å². The number of ether oxygens (including phenoxy) is 2. The lowest BCUT2D eigenvalue weighted by Crippen LogP contribution is -2.01. The van der Waals surface area contributed by atoms with Crippen LogP contribution in [0.5, 0.6) is 11.5 Å². The zero-order chi connectivity index (χ0) is 18.6. The summed E-state index contributed by atoms with van der Waals surface area (Å²) in [5.74, 6) is 1.43. The van der Waals surface area contributed by atoms with E-state index in [0.717, 1.165) is 29.1 Å². The van der Waals surface area contributed by atoms with Crippen molar-refractivity contribution in [1.82, 2.24) is 4.98 Å². The Kier molecular flexibility index (Phi) is 4.73. The van der Waals surface area contributed by atoms with Gasteiger partial charge >= 0.3 is 0 Å². The first kappa shape index (κ1) is 17.1. The van der Waals surface area contributed by atoms with E-state index in [2.05, 4.69) is 28.5 Å². The number of nitriles is 1. The van der Waals surface area contributed by atoms with Gasteiger partial charge in [0.25, 0.3) is 0 Å². The molecule has 0 radical (unpaired) electrons. The zero-order valence-electron chi connectivity index (χ0n) is 14.6. The lowest BCUT2D eigenvalue weighted by atomic mass is 10.1. The van der Waals surface area contributed by atoms with E-state index < -0.39 is 0 Å². The number of hydrogen-bond donors (Lipinski definition) is 1. The summed E-state index contributed by atoms with van der Waals surface area (Å²) < 4.78 is 10.7. The maximum absolute atomic E-state index is 9.46. The van der Waals surface area contributed by atoms with E-state index in [1.807, 2.05) is 47.8 Å². The van der Waals surface area contributed by atoms with Crippen molar-refractivity contribution >= 4 is 22.7 Å². The smallest absolute Gasteiger partial charge is 0.231 e. The first-order valence-corrected chi connectivity index (χ1v) is 9.33. The Balaban J connectivity index is 1.54. The van der Waals surface area contributed by atoms with Crippen molar-refractivity contribution in [2.45, 2.75) is 13.3 Å². The Bertz CT molecular complexity index is 1030. The third kappa shape index (κ3) is 3.61. The van der Waals surface area contributed by atoms with Gasteiger partial charge in [-0.05, 0) is 42.3 Å². The molecule has 0 bridgehead atoms. The molecule has 2 heterocycles. The van der Waals surface area contributed by atoms with Crippen LogP contribution in [0.4, 0.5) is 5.69 Å². The average molecular weight is 376 g/mol. The van der Waals surface area contributed by atoms with Crippen LogP contribution in [0.15, 0.2) is 52.9 Å². The molecule has 2 aromatic carbocycles. The van der Waals surface area contributed by atoms with Crippen LogP contribution in [0.1, 0.15) is 17.5 Å². The molecule has 0 saturated carbocycles. The van der Waals surface area contributed by atoms with Gasteiger partial charge in [0.05, 0.1) is 11.4 Å². The van der Waals surface area contributed by atoms with Gasteiger partial charge in [-0.25, -0.2) is 4.98 Å². The molecule has 0 amide bonds. The van der Waals surface area contributed by atoms with Gasteiger partial charge < -0.3 is 9.47 Å². The van der Waals surface area contributed by atoms with Gasteiger partial charge in [-0.1, -0.05) is 19.1 Å². The highest BCUT2D eigenvalue weighted by Gasteiger charge is 2.16. The van der Waals surface area contributed by atoms with Crippen LogP contribution >= 0.6 is 11.3 Å². The SMILES string of the molecule is CCc1ccc(N/N=C(/C#N)c2nc(-c3ccc4c(c3)OCO4)cs2)cc1. The molecular weight excluding hydrogens is 360 g/mol. The highest BCUT2D eigenvalue weighted by molar-refractivity contribution is 7.12. The highest BCUT2D eigenvalue weighted by Crippen LogP contribution is 2.36. The van der Waals surface area contributed by atoms with Crippen LogP contribution in [-0.4, -0.2) is 17.5 Å². The summed E-state index contributed by atoms with van der Waals surface area (Å²) in [5.41, 5.74) is 6.91. The maximum Gasteiger partial charge on any atom is 0.231 e. The van der Waals surface area contributed by atoms with Gasteiger partial charge in [0.1, 0.15) is 6.07 Å². The molecule has 4 rings (SSSR count). The van der Waals surface area contributed by atoms with Crippen LogP contribution in [-0.2, 0) is 6.42 Å². The monoisotopic (exact) mass is 376 g/mol. The minimum Gasteiger partial charge on any atom is -0.454 e. The van der Waals surface area contributed by atoms with Gasteiger partial charge in [-0.15, -0.1) is 11.3 Å². The van der Waals surface area contributed by atoms with Crippen LogP contribution in [0.2, 0.25) is 0 Å². The highest BCUT2D eigenvalue weighted by atomic mass is 32.1. The summed E-state index contributed by atoms with van der Waals surface area (Å²) >= 11 is 1.38. The average Bonchev–Trinajstić information content (AvgIpc) is 3.38. The Morgan fingerprint density at radius 1 is 1.22 bits per heavy atom. The van der Waals surface area contributed by atoms with Crippen molar-refractivity contribution in [3.63, 3.8) is 0 Å². The number of aryl methyl sites for hydroxylation is 1. The maximum atomic E-state index is 9.46. The molecule has 0 atom stereocenters. The van der Waals surface area contributed by atoms with Gasteiger partial charge in [0.2, 0.25) is 6.79 Å². The summed E-state index contributed by atoms with van der Waals surface area (Å²) in [5, 5.41) is 16.1. The largest absolute Gasteiger partial charge is 0.454 e. The van der Waals surface area contributed by atoms with Crippen LogP contribution < -0.4 is 14.9 Å². The van der Waals surface area contributed by atoms with Gasteiger partial charge in [0, 0.05) is 10.9 Å². The molecule has 0 unspecified atom stereocenters. The Labute approximate surface area is 160 Å². The van der Waals surface area contributed by atoms with E-state index >= 15 is 0 Å². The third-order valence-electron chi connectivity index (χ3n) is 4.14. The summed E-state index contributed by atoms with van der Waals surface area (Å²) in [6.45, 7) is 2.34. The second-order valence-electron chi connectivity index (χ2n) is 5.84. The van der Waals surface area contributed by atoms with Crippen LogP contribution in [0.3, 0.4) is 0 Å². The quantitative estimate of drug-likeness (QED) is 0.526. The molecular formula is C20H16N4O2S. The minimum absolute atomic E-state index is 0.233. The number of anilines is 1. The Morgan fingerprint density at radius 3 is 2.81 bits per heavy atom. The van der Waals surface area contributed by atoms with E-state index in [-0.39, 0.29) is 12.5 Å². The van der Waals surface area contributed by atoms with Crippen molar-refractivity contribution in [2.75, 3.05) is 12.2 Å². The molecule has 1 aliphatic heterocycles. The number of rotatable bonds is 5. The Morgan fingerprint density at radius 2 is 2.04 bits per heavy atom. The second kappa shape index (κ2) is 7.48. The fraction of sp³-hybridized carbons (Fsp3) is 0.150. The molecule has 0 spiro atoms. The van der Waals surface area contributed by atoms with Crippen molar-refractivity contribution in [3.8, 4) is 28.8 Å². The molecule has 1 aromatic heterocycles. The number of aromatic nitrogens is 1. The van der Waals surface area contributed by atoms with Gasteiger partial charge in [-0.2, -0.15) is 10.4 Å². The van der Waals surface area contributed by atoms with Crippen molar-refractivity contribution in [3.05, 3.63) is 58.4 Å². The Hall–Kier alpha value is -3.37. The molecule has 1 aliphatic rings. The predicted molar refractivity (Wildman–Crippen MR) is 105 cm³/mol. The molecule has 1 N–H and O–H groups in total. The number of fused-ring (bicyclic) bond motifs is 1. The zero-order valence-corrected chi connectivity index (χ0v) is 15.4. The van der Waals surface area contributed by atoms with Gasteiger partial charge in [-0.3, -0.25) is 5.43 Å². The van der Waals surface area contributed by atoms with E-state index in [1.165, 1.54) is 16.9 Å². The lowest BCUT2D eigenvalue weighted by Gasteiger charge is -2.02. The fourth-order valence-corrected chi connectivity index (χ4v) is 3.39. The number of thiazole rings is 1. The molecule has 0 fully saturated rings. The predicted octanol–water partition coefficient (Wildman–Crippen LogP) is 4.44. The number of nitrogens with zero attached hydrogens (tertiary/aromatic N) is 3. The standard InChI is InChI=1S/C20H16N4O2S/c1-2-13-3-6-15(7-4-13)23-24-16(10-21)20-22-17(11-27-20)14-5-8-18-19(9-14)26-12-25-18/h3-9,11,23H,2,12H2,1H3/b24-16-. The van der Waals surface area contributed by atoms with Crippen LogP contribution in [0, 0.1) is 11.3 Å². The van der Waals surface area contributed by atoms with Crippen molar-refractivity contribution in [1.29, 1.82) is 5.26 Å². The molecule has 7 heteroatoms. The lowest BCUT2D eigenvalue weighted by molar-refractivity contribution is 0.174. The van der Waals surface area contributed by atoms with Crippen LogP contribution in [0.25, 0.3) is 11.3 Å². The fourth-order valence-electron chi connectivity index (χ4n) is 2.63. The van der Waals surface area contributed by atoms with E-state index in [0.29, 0.717) is 10.8 Å². The number of hydrazone groups is 1. The normalized spacial score (nSPS) is 12.7. The van der Waals surface area contributed by atoms with E-state index in [4.69, 9.17) is 9.47 Å². The second-order valence-corrected chi connectivity index (χ2v) is 6.70. The summed E-state index contributed by atoms with van der Waals surface area (Å²) in [6.07, 6.45) is 0.981. The molecule has 0 aliphatic carbocycles. The number of nitrogens with one attached hydrogen (secondary N) is 1. The number of benzene rings is 2.